The summed E-state index contributed by atoms with van der Waals surface area (Å²) in [5.41, 5.74) is 1.61. The molecule has 2 rings (SSSR count). The maximum absolute atomic E-state index is 12.9. The van der Waals surface area contributed by atoms with Crippen LogP contribution in [0.1, 0.15) is 42.6 Å². The number of hydrogen-bond donors (Lipinski definition) is 1. The second-order valence-electron chi connectivity index (χ2n) is 6.88. The van der Waals surface area contributed by atoms with E-state index in [9.17, 15) is 14.4 Å². The number of nitrogens with one attached hydrogen (secondary N) is 1. The van der Waals surface area contributed by atoms with Gasteiger partial charge in [0.15, 0.2) is 0 Å². The predicted molar refractivity (Wildman–Crippen MR) is 107 cm³/mol. The summed E-state index contributed by atoms with van der Waals surface area (Å²) in [6, 6.07) is 4.61. The van der Waals surface area contributed by atoms with E-state index in [0.29, 0.717) is 31.2 Å². The van der Waals surface area contributed by atoms with Gasteiger partial charge in [-0.2, -0.15) is 0 Å². The molecule has 1 aromatic carbocycles. The second kappa shape index (κ2) is 9.34. The van der Waals surface area contributed by atoms with Gasteiger partial charge in [-0.3, -0.25) is 14.4 Å². The first-order valence-corrected chi connectivity index (χ1v) is 9.88. The molecule has 1 saturated heterocycles. The first-order chi connectivity index (χ1) is 12.3. The maximum Gasteiger partial charge on any atom is 0.308 e. The van der Waals surface area contributed by atoms with Crippen molar-refractivity contribution >= 4 is 40.4 Å². The molecule has 1 aliphatic heterocycles. The molecule has 0 spiro atoms. The number of hydrogen-bond acceptors (Lipinski definition) is 4. The largest absolute Gasteiger partial charge is 0.466 e. The number of piperazine rings is 1. The van der Waals surface area contributed by atoms with Gasteiger partial charge in [0.25, 0.3) is 5.91 Å². The number of nitrogens with zero attached hydrogens (tertiary/aromatic N) is 1. The average molecular weight is 472 g/mol. The fourth-order valence-electron chi connectivity index (χ4n) is 2.68. The molecule has 0 aliphatic carbocycles. The molecule has 0 saturated carbocycles. The van der Waals surface area contributed by atoms with Crippen molar-refractivity contribution in [3.63, 3.8) is 0 Å². The highest BCUT2D eigenvalue weighted by atomic mass is 127. The Morgan fingerprint density at radius 1 is 1.38 bits per heavy atom. The lowest BCUT2D eigenvalue weighted by molar-refractivity contribution is -0.148. The molecule has 142 valence electrons. The van der Waals surface area contributed by atoms with E-state index in [1.807, 2.05) is 32.9 Å². The third-order valence-electron chi connectivity index (χ3n) is 4.33. The number of amides is 2. The first kappa shape index (κ1) is 20.7. The van der Waals surface area contributed by atoms with Crippen molar-refractivity contribution in [1.82, 2.24) is 10.2 Å². The summed E-state index contributed by atoms with van der Waals surface area (Å²) in [7, 11) is 0. The molecule has 1 unspecified atom stereocenters. The zero-order chi connectivity index (χ0) is 19.3. The molecule has 1 heterocycles. The zero-order valence-electron chi connectivity index (χ0n) is 15.4. The van der Waals surface area contributed by atoms with Crippen molar-refractivity contribution in [2.24, 2.45) is 5.92 Å². The Bertz CT molecular complexity index is 690. The number of benzene rings is 1. The van der Waals surface area contributed by atoms with Gasteiger partial charge in [-0.15, -0.1) is 0 Å². The van der Waals surface area contributed by atoms with Gasteiger partial charge in [0, 0.05) is 22.2 Å². The smallest absolute Gasteiger partial charge is 0.308 e. The van der Waals surface area contributed by atoms with Crippen LogP contribution >= 0.6 is 22.6 Å². The van der Waals surface area contributed by atoms with Crippen LogP contribution in [0.3, 0.4) is 0 Å². The highest BCUT2D eigenvalue weighted by Gasteiger charge is 2.35. The normalized spacial score (nSPS) is 17.2. The van der Waals surface area contributed by atoms with Crippen LogP contribution in [0.2, 0.25) is 0 Å². The van der Waals surface area contributed by atoms with E-state index >= 15 is 0 Å². The zero-order valence-corrected chi connectivity index (χ0v) is 17.5. The highest BCUT2D eigenvalue weighted by Crippen LogP contribution is 2.18. The number of carbonyl (C=O) groups excluding carboxylic acids is 3. The van der Waals surface area contributed by atoms with E-state index in [4.69, 9.17) is 4.74 Å². The van der Waals surface area contributed by atoms with Crippen molar-refractivity contribution in [1.29, 1.82) is 0 Å². The van der Waals surface area contributed by atoms with Gasteiger partial charge >= 0.3 is 5.97 Å². The van der Waals surface area contributed by atoms with Crippen molar-refractivity contribution in [2.45, 2.75) is 39.7 Å². The standard InChI is InChI=1S/C19H25IN2O4/c1-12(2)6-9-26-17(23)11-16-18(24)21-7-8-22(16)19(25)14-5-4-13(3)15(20)10-14/h4-5,10,12,16H,6-9,11H2,1-3H3,(H,21,24). The Labute approximate surface area is 167 Å². The van der Waals surface area contributed by atoms with Crippen LogP contribution in [0.25, 0.3) is 0 Å². The Morgan fingerprint density at radius 2 is 2.12 bits per heavy atom. The summed E-state index contributed by atoms with van der Waals surface area (Å²) in [6.45, 7) is 7.15. The van der Waals surface area contributed by atoms with Gasteiger partial charge in [-0.1, -0.05) is 19.9 Å². The number of esters is 1. The van der Waals surface area contributed by atoms with E-state index in [1.165, 1.54) is 4.90 Å². The second-order valence-corrected chi connectivity index (χ2v) is 8.04. The van der Waals surface area contributed by atoms with E-state index in [2.05, 4.69) is 27.9 Å². The lowest BCUT2D eigenvalue weighted by atomic mass is 10.1. The van der Waals surface area contributed by atoms with Crippen LogP contribution in [0.4, 0.5) is 0 Å². The van der Waals surface area contributed by atoms with Crippen molar-refractivity contribution in [3.8, 4) is 0 Å². The van der Waals surface area contributed by atoms with Gasteiger partial charge in [0.05, 0.1) is 13.0 Å². The number of rotatable bonds is 6. The number of carbonyl (C=O) groups is 3. The third-order valence-corrected chi connectivity index (χ3v) is 5.49. The average Bonchev–Trinajstić information content (AvgIpc) is 2.58. The fourth-order valence-corrected chi connectivity index (χ4v) is 3.19. The number of aryl methyl sites for hydroxylation is 1. The Hall–Kier alpha value is -1.64. The van der Waals surface area contributed by atoms with Gasteiger partial charge in [0.2, 0.25) is 5.91 Å². The topological polar surface area (TPSA) is 75.7 Å². The Balaban J connectivity index is 2.09. The molecule has 1 atom stereocenters. The number of ether oxygens (including phenoxy) is 1. The van der Waals surface area contributed by atoms with Crippen LogP contribution in [-0.2, 0) is 14.3 Å². The van der Waals surface area contributed by atoms with Crippen LogP contribution in [-0.4, -0.2) is 48.4 Å². The van der Waals surface area contributed by atoms with Crippen LogP contribution in [0, 0.1) is 16.4 Å². The molecule has 7 heteroatoms. The number of halogens is 1. The molecule has 0 radical (unpaired) electrons. The minimum atomic E-state index is -0.832. The molecule has 0 aromatic heterocycles. The molecule has 1 fully saturated rings. The molecule has 1 N–H and O–H groups in total. The molecule has 2 amide bonds. The minimum Gasteiger partial charge on any atom is -0.466 e. The third kappa shape index (κ3) is 5.43. The van der Waals surface area contributed by atoms with Crippen molar-refractivity contribution in [3.05, 3.63) is 32.9 Å². The van der Waals surface area contributed by atoms with Gasteiger partial charge in [-0.05, 0) is 59.5 Å². The van der Waals surface area contributed by atoms with E-state index in [0.717, 1.165) is 15.6 Å². The van der Waals surface area contributed by atoms with E-state index in [-0.39, 0.29) is 18.2 Å². The quantitative estimate of drug-likeness (QED) is 0.510. The van der Waals surface area contributed by atoms with Gasteiger partial charge in [0.1, 0.15) is 6.04 Å². The lowest BCUT2D eigenvalue weighted by Crippen LogP contribution is -2.57. The van der Waals surface area contributed by atoms with Crippen molar-refractivity contribution < 1.29 is 19.1 Å². The summed E-state index contributed by atoms with van der Waals surface area (Å²) in [6.07, 6.45) is 0.645. The fraction of sp³-hybridized carbons (Fsp3) is 0.526. The van der Waals surface area contributed by atoms with E-state index < -0.39 is 12.0 Å². The highest BCUT2D eigenvalue weighted by molar-refractivity contribution is 14.1. The summed E-state index contributed by atoms with van der Waals surface area (Å²) >= 11 is 2.18. The SMILES string of the molecule is Cc1ccc(C(=O)N2CCNC(=O)C2CC(=O)OCCC(C)C)cc1I. The van der Waals surface area contributed by atoms with Gasteiger partial charge < -0.3 is 15.0 Å². The molecule has 6 nitrogen and oxygen atoms in total. The maximum atomic E-state index is 12.9. The molecular formula is C19H25IN2O4. The molecule has 26 heavy (non-hydrogen) atoms. The Kier molecular flexibility index (Phi) is 7.43. The van der Waals surface area contributed by atoms with Crippen LogP contribution in [0.5, 0.6) is 0 Å². The molecule has 1 aliphatic rings. The predicted octanol–water partition coefficient (Wildman–Crippen LogP) is 2.52. The molecule has 1 aromatic rings. The summed E-state index contributed by atoms with van der Waals surface area (Å²) in [5.74, 6) is -0.572. The summed E-state index contributed by atoms with van der Waals surface area (Å²) in [5, 5.41) is 2.73. The lowest BCUT2D eigenvalue weighted by Gasteiger charge is -2.34. The molecular weight excluding hydrogens is 447 g/mol. The van der Waals surface area contributed by atoms with Crippen molar-refractivity contribution in [2.75, 3.05) is 19.7 Å². The van der Waals surface area contributed by atoms with Crippen LogP contribution < -0.4 is 5.32 Å². The first-order valence-electron chi connectivity index (χ1n) is 8.80. The Morgan fingerprint density at radius 3 is 2.77 bits per heavy atom. The minimum absolute atomic E-state index is 0.126. The van der Waals surface area contributed by atoms with Crippen LogP contribution in [0.15, 0.2) is 18.2 Å². The summed E-state index contributed by atoms with van der Waals surface area (Å²) in [4.78, 5) is 38.7. The summed E-state index contributed by atoms with van der Waals surface area (Å²) < 4.78 is 6.20. The monoisotopic (exact) mass is 472 g/mol. The van der Waals surface area contributed by atoms with E-state index in [1.54, 1.807) is 6.07 Å². The van der Waals surface area contributed by atoms with Gasteiger partial charge in [-0.25, -0.2) is 0 Å². The molecule has 0 bridgehead atoms.